The molecule has 1 aliphatic rings. The van der Waals surface area contributed by atoms with Crippen LogP contribution in [0, 0.1) is 5.92 Å². The molecule has 1 aromatic rings. The van der Waals surface area contributed by atoms with Gasteiger partial charge < -0.3 is 10.6 Å². The Balaban J connectivity index is 0.00000220. The summed E-state index contributed by atoms with van der Waals surface area (Å²) in [5, 5.41) is 8.19. The van der Waals surface area contributed by atoms with Gasteiger partial charge in [0.05, 0.1) is 0 Å². The van der Waals surface area contributed by atoms with Crippen molar-refractivity contribution >= 4 is 42.1 Å². The smallest absolute Gasteiger partial charge is 0.221 e. The molecule has 0 aliphatic carbocycles. The molecule has 2 N–H and O–H groups in total. The number of likely N-dealkylation sites (tertiary alicyclic amines) is 1. The fourth-order valence-corrected chi connectivity index (χ4v) is 3.30. The second-order valence-electron chi connectivity index (χ2n) is 5.46. The van der Waals surface area contributed by atoms with E-state index in [-0.39, 0.29) is 30.7 Å². The van der Waals surface area contributed by atoms with Crippen molar-refractivity contribution in [2.24, 2.45) is 5.92 Å². The van der Waals surface area contributed by atoms with Crippen molar-refractivity contribution in [3.05, 3.63) is 22.4 Å². The summed E-state index contributed by atoms with van der Waals surface area (Å²) in [6.45, 7) is 4.98. The van der Waals surface area contributed by atoms with Crippen LogP contribution in [-0.4, -0.2) is 44.0 Å². The number of nitrogens with zero attached hydrogens (tertiary/aromatic N) is 1. The lowest BCUT2D eigenvalue weighted by Crippen LogP contribution is -2.38. The number of rotatable bonds is 7. The van der Waals surface area contributed by atoms with E-state index in [2.05, 4.69) is 33.0 Å². The minimum Gasteiger partial charge on any atom is -0.356 e. The Kier molecular flexibility index (Phi) is 12.0. The number of carbonyl (C=O) groups is 1. The molecule has 22 heavy (non-hydrogen) atoms. The number of thiophene rings is 1. The van der Waals surface area contributed by atoms with Crippen molar-refractivity contribution in [3.8, 4) is 0 Å². The molecule has 0 spiro atoms. The molecule has 1 saturated heterocycles. The Bertz CT molecular complexity index is 396. The van der Waals surface area contributed by atoms with Crippen molar-refractivity contribution in [1.29, 1.82) is 0 Å². The van der Waals surface area contributed by atoms with Crippen LogP contribution in [0.15, 0.2) is 17.5 Å². The predicted octanol–water partition coefficient (Wildman–Crippen LogP) is 2.53. The van der Waals surface area contributed by atoms with Crippen LogP contribution in [0.1, 0.15) is 24.1 Å². The average molecular weight is 368 g/mol. The minimum absolute atomic E-state index is 0. The first-order valence-corrected chi connectivity index (χ1v) is 8.32. The molecule has 0 unspecified atom stereocenters. The molecule has 0 aromatic carbocycles. The van der Waals surface area contributed by atoms with Crippen molar-refractivity contribution in [2.75, 3.05) is 33.2 Å². The van der Waals surface area contributed by atoms with Crippen molar-refractivity contribution in [2.45, 2.75) is 25.8 Å². The van der Waals surface area contributed by atoms with Gasteiger partial charge in [0.15, 0.2) is 0 Å². The van der Waals surface area contributed by atoms with Gasteiger partial charge in [-0.1, -0.05) is 6.07 Å². The highest BCUT2D eigenvalue weighted by atomic mass is 35.5. The molecule has 0 atom stereocenters. The maximum atomic E-state index is 11.6. The second-order valence-corrected chi connectivity index (χ2v) is 6.49. The molecule has 1 aromatic heterocycles. The predicted molar refractivity (Wildman–Crippen MR) is 98.4 cm³/mol. The lowest BCUT2D eigenvalue weighted by molar-refractivity contribution is -0.121. The van der Waals surface area contributed by atoms with Gasteiger partial charge in [-0.05, 0) is 50.3 Å². The number of halogens is 2. The standard InChI is InChI=1S/C15H25N3OS.2ClH/c1-16-7-4-15(19)17-11-13-5-8-18(9-6-13)12-14-3-2-10-20-14;;/h2-3,10,13,16H,4-9,11-12H2,1H3,(H,17,19);2*1H. The molecule has 0 radical (unpaired) electrons. The molecule has 128 valence electrons. The lowest BCUT2D eigenvalue weighted by Gasteiger charge is -2.31. The van der Waals surface area contributed by atoms with Crippen LogP contribution in [0.25, 0.3) is 0 Å². The summed E-state index contributed by atoms with van der Waals surface area (Å²) in [4.78, 5) is 15.5. The lowest BCUT2D eigenvalue weighted by atomic mass is 9.96. The Labute approximate surface area is 149 Å². The zero-order valence-corrected chi connectivity index (χ0v) is 15.5. The van der Waals surface area contributed by atoms with E-state index in [9.17, 15) is 4.79 Å². The van der Waals surface area contributed by atoms with E-state index >= 15 is 0 Å². The monoisotopic (exact) mass is 367 g/mol. The Morgan fingerprint density at radius 2 is 2.09 bits per heavy atom. The normalized spacial score (nSPS) is 15.7. The van der Waals surface area contributed by atoms with Gasteiger partial charge in [0.2, 0.25) is 5.91 Å². The highest BCUT2D eigenvalue weighted by molar-refractivity contribution is 7.09. The first kappa shape index (κ1) is 21.7. The van der Waals surface area contributed by atoms with Crippen molar-refractivity contribution in [1.82, 2.24) is 15.5 Å². The summed E-state index contributed by atoms with van der Waals surface area (Å²) < 4.78 is 0. The minimum atomic E-state index is 0. The van der Waals surface area contributed by atoms with Crippen LogP contribution in [0.3, 0.4) is 0 Å². The van der Waals surface area contributed by atoms with E-state index in [1.165, 1.54) is 17.7 Å². The number of hydrogen-bond donors (Lipinski definition) is 2. The molecule has 2 heterocycles. The van der Waals surface area contributed by atoms with Gasteiger partial charge in [0, 0.05) is 30.9 Å². The first-order valence-electron chi connectivity index (χ1n) is 7.44. The van der Waals surface area contributed by atoms with Crippen molar-refractivity contribution < 1.29 is 4.79 Å². The number of carbonyl (C=O) groups excluding carboxylic acids is 1. The molecule has 4 nitrogen and oxygen atoms in total. The summed E-state index contributed by atoms with van der Waals surface area (Å²) in [5.74, 6) is 0.813. The van der Waals surface area contributed by atoms with Gasteiger partial charge in [-0.25, -0.2) is 0 Å². The highest BCUT2D eigenvalue weighted by Crippen LogP contribution is 2.20. The molecule has 7 heteroatoms. The molecular weight excluding hydrogens is 341 g/mol. The molecule has 1 fully saturated rings. The van der Waals surface area contributed by atoms with Gasteiger partial charge in [-0.3, -0.25) is 9.69 Å². The van der Waals surface area contributed by atoms with Crippen LogP contribution in [0.2, 0.25) is 0 Å². The molecule has 0 saturated carbocycles. The van der Waals surface area contributed by atoms with Crippen LogP contribution < -0.4 is 10.6 Å². The maximum Gasteiger partial charge on any atom is 0.221 e. The highest BCUT2D eigenvalue weighted by Gasteiger charge is 2.19. The number of amides is 1. The quantitative estimate of drug-likeness (QED) is 0.778. The van der Waals surface area contributed by atoms with Gasteiger partial charge in [-0.2, -0.15) is 0 Å². The van der Waals surface area contributed by atoms with Crippen LogP contribution in [-0.2, 0) is 11.3 Å². The Hall–Kier alpha value is -0.330. The number of hydrogen-bond acceptors (Lipinski definition) is 4. The van der Waals surface area contributed by atoms with E-state index in [0.717, 1.165) is 32.7 Å². The topological polar surface area (TPSA) is 44.4 Å². The van der Waals surface area contributed by atoms with E-state index < -0.39 is 0 Å². The zero-order valence-electron chi connectivity index (χ0n) is 13.0. The van der Waals surface area contributed by atoms with E-state index in [1.54, 1.807) is 0 Å². The third kappa shape index (κ3) is 7.79. The summed E-state index contributed by atoms with van der Waals surface area (Å²) in [5.41, 5.74) is 0. The summed E-state index contributed by atoms with van der Waals surface area (Å²) in [6.07, 6.45) is 2.96. The van der Waals surface area contributed by atoms with Gasteiger partial charge >= 0.3 is 0 Å². The number of nitrogens with one attached hydrogen (secondary N) is 2. The molecule has 1 amide bonds. The first-order chi connectivity index (χ1) is 9.78. The summed E-state index contributed by atoms with van der Waals surface area (Å²) in [7, 11) is 1.87. The third-order valence-corrected chi connectivity index (χ3v) is 4.72. The van der Waals surface area contributed by atoms with Gasteiger partial charge in [0.25, 0.3) is 0 Å². The van der Waals surface area contributed by atoms with Gasteiger partial charge in [0.1, 0.15) is 0 Å². The van der Waals surface area contributed by atoms with Crippen LogP contribution >= 0.6 is 36.2 Å². The fraction of sp³-hybridized carbons (Fsp3) is 0.667. The average Bonchev–Trinajstić information content (AvgIpc) is 2.97. The SMILES string of the molecule is CNCCC(=O)NCC1CCN(Cc2cccs2)CC1.Cl.Cl. The summed E-state index contributed by atoms with van der Waals surface area (Å²) in [6, 6.07) is 4.33. The van der Waals surface area contributed by atoms with E-state index in [1.807, 2.05) is 18.4 Å². The second kappa shape index (κ2) is 12.1. The molecular formula is C15H27Cl2N3OS. The zero-order chi connectivity index (χ0) is 14.2. The summed E-state index contributed by atoms with van der Waals surface area (Å²) >= 11 is 1.83. The molecule has 1 aliphatic heterocycles. The van der Waals surface area contributed by atoms with Crippen LogP contribution in [0.4, 0.5) is 0 Å². The van der Waals surface area contributed by atoms with E-state index in [0.29, 0.717) is 12.3 Å². The largest absolute Gasteiger partial charge is 0.356 e. The molecule has 2 rings (SSSR count). The third-order valence-electron chi connectivity index (χ3n) is 3.86. The number of piperidine rings is 1. The van der Waals surface area contributed by atoms with Crippen LogP contribution in [0.5, 0.6) is 0 Å². The maximum absolute atomic E-state index is 11.6. The molecule has 0 bridgehead atoms. The van der Waals surface area contributed by atoms with Gasteiger partial charge in [-0.15, -0.1) is 36.2 Å². The Morgan fingerprint density at radius 3 is 2.68 bits per heavy atom. The van der Waals surface area contributed by atoms with E-state index in [4.69, 9.17) is 0 Å². The Morgan fingerprint density at radius 1 is 1.36 bits per heavy atom. The fourth-order valence-electron chi connectivity index (χ4n) is 2.56. The van der Waals surface area contributed by atoms with Crippen molar-refractivity contribution in [3.63, 3.8) is 0 Å².